The van der Waals surface area contributed by atoms with E-state index < -0.39 is 0 Å². The summed E-state index contributed by atoms with van der Waals surface area (Å²) in [5.74, 6) is 0.517. The number of rotatable bonds is 5. The van der Waals surface area contributed by atoms with Gasteiger partial charge in [-0.25, -0.2) is 4.39 Å². The van der Waals surface area contributed by atoms with Crippen LogP contribution in [0, 0.1) is 5.82 Å². The lowest BCUT2D eigenvalue weighted by molar-refractivity contribution is -0.121. The van der Waals surface area contributed by atoms with E-state index in [1.165, 1.54) is 24.1 Å². The van der Waals surface area contributed by atoms with Crippen molar-refractivity contribution >= 4 is 45.2 Å². The molecule has 0 unspecified atom stereocenters. The van der Waals surface area contributed by atoms with Crippen LogP contribution in [0.1, 0.15) is 11.1 Å². The zero-order chi connectivity index (χ0) is 19.6. The summed E-state index contributed by atoms with van der Waals surface area (Å²) in [6.45, 7) is 0.259. The van der Waals surface area contributed by atoms with Gasteiger partial charge >= 0.3 is 0 Å². The molecule has 2 aromatic carbocycles. The number of hydrogen-bond donors (Lipinski definition) is 1. The lowest BCUT2D eigenvalue weighted by atomic mass is 10.1. The monoisotopic (exact) mass is 450 g/mol. The van der Waals surface area contributed by atoms with Crippen LogP contribution >= 0.6 is 28.1 Å². The van der Waals surface area contributed by atoms with E-state index in [0.29, 0.717) is 26.8 Å². The van der Waals surface area contributed by atoms with Crippen LogP contribution in [-0.2, 0) is 11.4 Å². The molecule has 1 heterocycles. The lowest BCUT2D eigenvalue weighted by Gasteiger charge is -2.14. The maximum atomic E-state index is 13.0. The number of benzene rings is 2. The Bertz CT molecular complexity index is 931. The third-order valence-corrected chi connectivity index (χ3v) is 4.91. The molecule has 1 aliphatic heterocycles. The van der Waals surface area contributed by atoms with Gasteiger partial charge in [0, 0.05) is 7.05 Å². The van der Waals surface area contributed by atoms with E-state index in [9.17, 15) is 9.18 Å². The SMILES string of the molecule is COc1cc(/C=C2\NC(=S)N(C)C2=O)cc(Br)c1OCc1ccc(F)cc1. The number of carbonyl (C=O) groups is 1. The Morgan fingerprint density at radius 3 is 2.59 bits per heavy atom. The fourth-order valence-corrected chi connectivity index (χ4v) is 3.26. The fraction of sp³-hybridized carbons (Fsp3) is 0.158. The van der Waals surface area contributed by atoms with Gasteiger partial charge < -0.3 is 14.8 Å². The van der Waals surface area contributed by atoms with Gasteiger partial charge in [-0.05, 0) is 69.6 Å². The first-order valence-corrected chi connectivity index (χ1v) is 9.14. The van der Waals surface area contributed by atoms with Gasteiger partial charge in [-0.1, -0.05) is 12.1 Å². The van der Waals surface area contributed by atoms with Crippen molar-refractivity contribution in [3.05, 3.63) is 63.5 Å². The summed E-state index contributed by atoms with van der Waals surface area (Å²) in [4.78, 5) is 13.5. The standard InChI is InChI=1S/C19H16BrFN2O3S/c1-23-18(24)15(22-19(23)27)8-12-7-14(20)17(16(9-12)25-2)26-10-11-3-5-13(21)6-4-11/h3-9H,10H2,1-2H3,(H,22,27)/b15-8-. The second kappa shape index (κ2) is 8.06. The number of amides is 1. The lowest BCUT2D eigenvalue weighted by Crippen LogP contribution is -2.25. The maximum absolute atomic E-state index is 13.0. The number of nitrogens with one attached hydrogen (secondary N) is 1. The highest BCUT2D eigenvalue weighted by molar-refractivity contribution is 9.10. The number of halogens is 2. The zero-order valence-electron chi connectivity index (χ0n) is 14.6. The molecule has 1 fully saturated rings. The molecule has 0 atom stereocenters. The quantitative estimate of drug-likeness (QED) is 0.553. The molecular formula is C19H16BrFN2O3S. The molecule has 0 aromatic heterocycles. The van der Waals surface area contributed by atoms with E-state index >= 15 is 0 Å². The van der Waals surface area contributed by atoms with Crippen LogP contribution < -0.4 is 14.8 Å². The molecule has 1 saturated heterocycles. The zero-order valence-corrected chi connectivity index (χ0v) is 17.0. The van der Waals surface area contributed by atoms with Crippen LogP contribution in [0.2, 0.25) is 0 Å². The molecule has 0 radical (unpaired) electrons. The van der Waals surface area contributed by atoms with E-state index in [-0.39, 0.29) is 18.3 Å². The molecule has 0 saturated carbocycles. The van der Waals surface area contributed by atoms with Gasteiger partial charge in [-0.3, -0.25) is 9.69 Å². The summed E-state index contributed by atoms with van der Waals surface area (Å²) in [5.41, 5.74) is 1.95. The summed E-state index contributed by atoms with van der Waals surface area (Å²) in [6.07, 6.45) is 1.69. The van der Waals surface area contributed by atoms with Crippen molar-refractivity contribution < 1.29 is 18.7 Å². The normalized spacial score (nSPS) is 15.3. The number of ether oxygens (including phenoxy) is 2. The molecular weight excluding hydrogens is 435 g/mol. The summed E-state index contributed by atoms with van der Waals surface area (Å²) in [5, 5.41) is 3.23. The number of thiocarbonyl (C=S) groups is 1. The van der Waals surface area contributed by atoms with E-state index in [0.717, 1.165) is 11.1 Å². The Morgan fingerprint density at radius 2 is 2.00 bits per heavy atom. The Morgan fingerprint density at radius 1 is 1.30 bits per heavy atom. The molecule has 2 aromatic rings. The summed E-state index contributed by atoms with van der Waals surface area (Å²) in [7, 11) is 3.15. The van der Waals surface area contributed by atoms with Crippen LogP contribution in [-0.4, -0.2) is 30.1 Å². The molecule has 5 nitrogen and oxygen atoms in total. The molecule has 8 heteroatoms. The van der Waals surface area contributed by atoms with Crippen molar-refractivity contribution in [2.24, 2.45) is 0 Å². The minimum atomic E-state index is -0.296. The second-order valence-corrected chi connectivity index (χ2v) is 7.04. The smallest absolute Gasteiger partial charge is 0.276 e. The van der Waals surface area contributed by atoms with Crippen molar-refractivity contribution in [3.63, 3.8) is 0 Å². The largest absolute Gasteiger partial charge is 0.493 e. The van der Waals surface area contributed by atoms with Gasteiger partial charge in [-0.2, -0.15) is 0 Å². The molecule has 1 aliphatic rings. The van der Waals surface area contributed by atoms with E-state index in [1.54, 1.807) is 31.3 Å². The average molecular weight is 451 g/mol. The van der Waals surface area contributed by atoms with Gasteiger partial charge in [0.25, 0.3) is 5.91 Å². The van der Waals surface area contributed by atoms with Gasteiger partial charge in [-0.15, -0.1) is 0 Å². The van der Waals surface area contributed by atoms with Gasteiger partial charge in [0.05, 0.1) is 11.6 Å². The first-order chi connectivity index (χ1) is 12.9. The van der Waals surface area contributed by atoms with Crippen molar-refractivity contribution in [1.29, 1.82) is 0 Å². The van der Waals surface area contributed by atoms with Crippen molar-refractivity contribution in [1.82, 2.24) is 10.2 Å². The van der Waals surface area contributed by atoms with Crippen molar-refractivity contribution in [3.8, 4) is 11.5 Å². The first kappa shape index (κ1) is 19.3. The third-order valence-electron chi connectivity index (χ3n) is 3.94. The number of nitrogens with zero attached hydrogens (tertiary/aromatic N) is 1. The number of methoxy groups -OCH3 is 1. The average Bonchev–Trinajstić information content (AvgIpc) is 2.88. The first-order valence-electron chi connectivity index (χ1n) is 7.94. The topological polar surface area (TPSA) is 50.8 Å². The third kappa shape index (κ3) is 4.28. The minimum Gasteiger partial charge on any atom is -0.493 e. The molecule has 0 bridgehead atoms. The summed E-state index contributed by atoms with van der Waals surface area (Å²) in [6, 6.07) is 9.65. The van der Waals surface area contributed by atoms with E-state index in [1.807, 2.05) is 6.07 Å². The maximum Gasteiger partial charge on any atom is 0.276 e. The van der Waals surface area contributed by atoms with Crippen molar-refractivity contribution in [2.45, 2.75) is 6.61 Å². The summed E-state index contributed by atoms with van der Waals surface area (Å²) >= 11 is 8.55. The van der Waals surface area contributed by atoms with E-state index in [4.69, 9.17) is 21.7 Å². The minimum absolute atomic E-state index is 0.202. The molecule has 27 heavy (non-hydrogen) atoms. The highest BCUT2D eigenvalue weighted by atomic mass is 79.9. The Labute approximate surface area is 169 Å². The predicted octanol–water partition coefficient (Wildman–Crippen LogP) is 3.86. The second-order valence-electron chi connectivity index (χ2n) is 5.80. The Balaban J connectivity index is 1.84. The molecule has 0 spiro atoms. The van der Waals surface area contributed by atoms with E-state index in [2.05, 4.69) is 21.2 Å². The highest BCUT2D eigenvalue weighted by Gasteiger charge is 2.27. The number of hydrogen-bond acceptors (Lipinski definition) is 4. The van der Waals surface area contributed by atoms with Gasteiger partial charge in [0.15, 0.2) is 16.6 Å². The molecule has 1 amide bonds. The van der Waals surface area contributed by atoms with Gasteiger partial charge in [0.2, 0.25) is 0 Å². The predicted molar refractivity (Wildman–Crippen MR) is 108 cm³/mol. The molecule has 140 valence electrons. The van der Waals surface area contributed by atoms with Crippen LogP contribution in [0.25, 0.3) is 6.08 Å². The van der Waals surface area contributed by atoms with Gasteiger partial charge in [0.1, 0.15) is 18.1 Å². The van der Waals surface area contributed by atoms with Crippen molar-refractivity contribution in [2.75, 3.05) is 14.2 Å². The molecule has 0 aliphatic carbocycles. The highest BCUT2D eigenvalue weighted by Crippen LogP contribution is 2.38. The van der Waals surface area contributed by atoms with Crippen LogP contribution in [0.5, 0.6) is 11.5 Å². The van der Waals surface area contributed by atoms with Crippen LogP contribution in [0.15, 0.2) is 46.6 Å². The summed E-state index contributed by atoms with van der Waals surface area (Å²) < 4.78 is 24.9. The van der Waals surface area contributed by atoms with Crippen LogP contribution in [0.4, 0.5) is 4.39 Å². The molecule has 3 rings (SSSR count). The Kier molecular flexibility index (Phi) is 5.76. The molecule has 1 N–H and O–H groups in total. The number of likely N-dealkylation sites (N-methyl/N-ethyl adjacent to an activating group) is 1. The Hall–Kier alpha value is -2.45. The fourth-order valence-electron chi connectivity index (χ4n) is 2.49. The van der Waals surface area contributed by atoms with Crippen LogP contribution in [0.3, 0.4) is 0 Å². The number of carbonyl (C=O) groups excluding carboxylic acids is 1.